The lowest BCUT2D eigenvalue weighted by atomic mass is 9.91. The molecule has 5 nitrogen and oxygen atoms in total. The molecule has 1 saturated heterocycles. The summed E-state index contributed by atoms with van der Waals surface area (Å²) in [5.74, 6) is 0.0283. The summed E-state index contributed by atoms with van der Waals surface area (Å²) in [6.07, 6.45) is 0.888. The Balaban J connectivity index is 1.48. The second-order valence-electron chi connectivity index (χ2n) is 6.58. The van der Waals surface area contributed by atoms with Crippen molar-refractivity contribution in [2.75, 3.05) is 19.6 Å². The number of urea groups is 1. The van der Waals surface area contributed by atoms with Gasteiger partial charge >= 0.3 is 6.03 Å². The number of amides is 3. The van der Waals surface area contributed by atoms with Crippen molar-refractivity contribution in [1.82, 2.24) is 15.1 Å². The molecule has 5 heteroatoms. The van der Waals surface area contributed by atoms with Crippen molar-refractivity contribution in [3.63, 3.8) is 0 Å². The zero-order valence-electron chi connectivity index (χ0n) is 14.0. The zero-order chi connectivity index (χ0) is 17.2. The molecule has 2 aliphatic rings. The molecule has 0 spiro atoms. The first-order valence-corrected chi connectivity index (χ1v) is 8.66. The van der Waals surface area contributed by atoms with Crippen LogP contribution >= 0.6 is 0 Å². The summed E-state index contributed by atoms with van der Waals surface area (Å²) in [4.78, 5) is 28.6. The number of hydrogen-bond donors (Lipinski definition) is 1. The molecule has 0 bridgehead atoms. The van der Waals surface area contributed by atoms with Crippen LogP contribution in [0.1, 0.15) is 22.7 Å². The van der Waals surface area contributed by atoms with Gasteiger partial charge in [-0.25, -0.2) is 4.79 Å². The average Bonchev–Trinajstić information content (AvgIpc) is 2.66. The van der Waals surface area contributed by atoms with E-state index >= 15 is 0 Å². The molecule has 1 N–H and O–H groups in total. The quantitative estimate of drug-likeness (QED) is 0.916. The Morgan fingerprint density at radius 3 is 2.68 bits per heavy atom. The molecule has 3 amide bonds. The van der Waals surface area contributed by atoms with E-state index in [1.807, 2.05) is 47.4 Å². The van der Waals surface area contributed by atoms with Crippen molar-refractivity contribution in [1.29, 1.82) is 0 Å². The Kier molecular flexibility index (Phi) is 4.14. The highest BCUT2D eigenvalue weighted by Crippen LogP contribution is 2.32. The molecule has 2 aromatic carbocycles. The molecule has 2 heterocycles. The number of nitrogens with one attached hydrogen (secondary N) is 1. The van der Waals surface area contributed by atoms with Gasteiger partial charge in [-0.1, -0.05) is 54.6 Å². The second-order valence-corrected chi connectivity index (χ2v) is 6.58. The SMILES string of the molecule is O=C(NCc1ccccc1)N1CC(=O)N2CCc3ccccc3C2C1. The number of fused-ring (bicyclic) bond motifs is 3. The summed E-state index contributed by atoms with van der Waals surface area (Å²) in [5, 5.41) is 2.92. The van der Waals surface area contributed by atoms with Gasteiger partial charge in [0.15, 0.2) is 0 Å². The summed E-state index contributed by atoms with van der Waals surface area (Å²) in [5.41, 5.74) is 3.49. The summed E-state index contributed by atoms with van der Waals surface area (Å²) in [6, 6.07) is 17.8. The predicted molar refractivity (Wildman–Crippen MR) is 94.9 cm³/mol. The lowest BCUT2D eigenvalue weighted by Crippen LogP contribution is -2.57. The number of hydrogen-bond acceptors (Lipinski definition) is 2. The van der Waals surface area contributed by atoms with Crippen molar-refractivity contribution in [3.8, 4) is 0 Å². The predicted octanol–water partition coefficient (Wildman–Crippen LogP) is 2.34. The lowest BCUT2D eigenvalue weighted by Gasteiger charge is -2.44. The highest BCUT2D eigenvalue weighted by atomic mass is 16.2. The maximum atomic E-state index is 12.5. The lowest BCUT2D eigenvalue weighted by molar-refractivity contribution is -0.139. The van der Waals surface area contributed by atoms with E-state index in [9.17, 15) is 9.59 Å². The Labute approximate surface area is 147 Å². The average molecular weight is 335 g/mol. The van der Waals surface area contributed by atoms with E-state index in [0.717, 1.165) is 18.5 Å². The largest absolute Gasteiger partial charge is 0.334 e. The Hall–Kier alpha value is -2.82. The Morgan fingerprint density at radius 2 is 1.84 bits per heavy atom. The van der Waals surface area contributed by atoms with Gasteiger partial charge in [0.2, 0.25) is 5.91 Å². The second kappa shape index (κ2) is 6.59. The first kappa shape index (κ1) is 15.7. The van der Waals surface area contributed by atoms with Gasteiger partial charge in [0, 0.05) is 19.6 Å². The standard InChI is InChI=1S/C20H21N3O2/c24-19-14-22(20(25)21-12-15-6-2-1-3-7-15)13-18-17-9-5-4-8-16(17)10-11-23(18)19/h1-9,18H,10-14H2,(H,21,25). The van der Waals surface area contributed by atoms with Gasteiger partial charge in [-0.15, -0.1) is 0 Å². The molecule has 1 atom stereocenters. The van der Waals surface area contributed by atoms with E-state index in [0.29, 0.717) is 13.1 Å². The Morgan fingerprint density at radius 1 is 1.08 bits per heavy atom. The Bertz CT molecular complexity index is 791. The highest BCUT2D eigenvalue weighted by Gasteiger charge is 2.38. The zero-order valence-corrected chi connectivity index (χ0v) is 14.0. The number of benzene rings is 2. The van der Waals surface area contributed by atoms with Crippen molar-refractivity contribution < 1.29 is 9.59 Å². The third kappa shape index (κ3) is 3.09. The molecule has 2 aliphatic heterocycles. The molecule has 128 valence electrons. The number of rotatable bonds is 2. The molecular weight excluding hydrogens is 314 g/mol. The van der Waals surface area contributed by atoms with E-state index in [4.69, 9.17) is 0 Å². The maximum absolute atomic E-state index is 12.5. The van der Waals surface area contributed by atoms with E-state index < -0.39 is 0 Å². The van der Waals surface area contributed by atoms with E-state index in [-0.39, 0.29) is 24.5 Å². The fourth-order valence-corrected chi connectivity index (χ4v) is 3.71. The van der Waals surface area contributed by atoms with Crippen LogP contribution in [0, 0.1) is 0 Å². The molecular formula is C20H21N3O2. The molecule has 0 radical (unpaired) electrons. The van der Waals surface area contributed by atoms with Gasteiger partial charge in [-0.3, -0.25) is 4.79 Å². The fourth-order valence-electron chi connectivity index (χ4n) is 3.71. The van der Waals surface area contributed by atoms with Crippen LogP contribution in [-0.4, -0.2) is 41.4 Å². The third-order valence-electron chi connectivity index (χ3n) is 5.03. The van der Waals surface area contributed by atoms with Crippen LogP contribution in [0.2, 0.25) is 0 Å². The maximum Gasteiger partial charge on any atom is 0.318 e. The summed E-state index contributed by atoms with van der Waals surface area (Å²) in [7, 11) is 0. The van der Waals surface area contributed by atoms with E-state index in [1.165, 1.54) is 11.1 Å². The summed E-state index contributed by atoms with van der Waals surface area (Å²) < 4.78 is 0. The smallest absolute Gasteiger partial charge is 0.318 e. The minimum absolute atomic E-state index is 0.0283. The number of nitrogens with zero attached hydrogens (tertiary/aromatic N) is 2. The summed E-state index contributed by atoms with van der Waals surface area (Å²) in [6.45, 7) is 1.90. The molecule has 0 aromatic heterocycles. The molecule has 4 rings (SSSR count). The van der Waals surface area contributed by atoms with Crippen LogP contribution in [0.25, 0.3) is 0 Å². The van der Waals surface area contributed by atoms with Crippen LogP contribution in [0.15, 0.2) is 54.6 Å². The minimum atomic E-state index is -0.181. The molecule has 1 unspecified atom stereocenters. The van der Waals surface area contributed by atoms with Crippen LogP contribution in [0.5, 0.6) is 0 Å². The van der Waals surface area contributed by atoms with Gasteiger partial charge < -0.3 is 15.1 Å². The van der Waals surface area contributed by atoms with Gasteiger partial charge in [-0.05, 0) is 23.1 Å². The molecule has 0 saturated carbocycles. The van der Waals surface area contributed by atoms with Crippen LogP contribution in [0.3, 0.4) is 0 Å². The van der Waals surface area contributed by atoms with Crippen molar-refractivity contribution in [3.05, 3.63) is 71.3 Å². The monoisotopic (exact) mass is 335 g/mol. The number of carbonyl (C=O) groups excluding carboxylic acids is 2. The molecule has 1 fully saturated rings. The minimum Gasteiger partial charge on any atom is -0.334 e. The number of carbonyl (C=O) groups is 2. The van der Waals surface area contributed by atoms with Gasteiger partial charge in [0.25, 0.3) is 0 Å². The van der Waals surface area contributed by atoms with Crippen molar-refractivity contribution >= 4 is 11.9 Å². The highest BCUT2D eigenvalue weighted by molar-refractivity contribution is 5.86. The first-order chi connectivity index (χ1) is 12.2. The number of piperazine rings is 1. The van der Waals surface area contributed by atoms with Crippen LogP contribution < -0.4 is 5.32 Å². The van der Waals surface area contributed by atoms with E-state index in [2.05, 4.69) is 17.4 Å². The summed E-state index contributed by atoms with van der Waals surface area (Å²) >= 11 is 0. The first-order valence-electron chi connectivity index (χ1n) is 8.66. The van der Waals surface area contributed by atoms with Gasteiger partial charge in [-0.2, -0.15) is 0 Å². The van der Waals surface area contributed by atoms with Gasteiger partial charge in [0.05, 0.1) is 6.04 Å². The van der Waals surface area contributed by atoms with E-state index in [1.54, 1.807) is 4.90 Å². The van der Waals surface area contributed by atoms with Crippen LogP contribution in [-0.2, 0) is 17.8 Å². The van der Waals surface area contributed by atoms with Crippen molar-refractivity contribution in [2.24, 2.45) is 0 Å². The third-order valence-corrected chi connectivity index (χ3v) is 5.03. The molecule has 2 aromatic rings. The fraction of sp³-hybridized carbons (Fsp3) is 0.300. The molecule has 0 aliphatic carbocycles. The van der Waals surface area contributed by atoms with Gasteiger partial charge in [0.1, 0.15) is 6.54 Å². The normalized spacial score (nSPS) is 19.2. The van der Waals surface area contributed by atoms with Crippen molar-refractivity contribution in [2.45, 2.75) is 19.0 Å². The molecule has 25 heavy (non-hydrogen) atoms. The van der Waals surface area contributed by atoms with Crippen LogP contribution in [0.4, 0.5) is 4.79 Å². The topological polar surface area (TPSA) is 52.7 Å².